The van der Waals surface area contributed by atoms with Crippen LogP contribution < -0.4 is 43.4 Å². The van der Waals surface area contributed by atoms with Crippen molar-refractivity contribution in [3.63, 3.8) is 0 Å². The Hall–Kier alpha value is -4.50. The number of rotatable bonds is 27. The molecule has 1 heterocycles. The van der Waals surface area contributed by atoms with Crippen LogP contribution in [0, 0.1) is 11.8 Å². The molecule has 61 heavy (non-hydrogen) atoms. The largest absolute Gasteiger partial charge is 0.508 e. The molecule has 0 radical (unpaired) electrons. The molecule has 0 saturated carbocycles. The maximum atomic E-state index is 13.9. The third-order valence-electron chi connectivity index (χ3n) is 9.89. The summed E-state index contributed by atoms with van der Waals surface area (Å²) < 4.78 is 5.82. The summed E-state index contributed by atoms with van der Waals surface area (Å²) in [6.45, 7) is 9.11. The Labute approximate surface area is 362 Å². The number of carboxylic acid groups (broad SMARTS) is 1. The number of phenols is 1. The molecular weight excluding hydrogens is 813 g/mol. The third kappa shape index (κ3) is 19.0. The van der Waals surface area contributed by atoms with Crippen LogP contribution in [0.15, 0.2) is 24.3 Å². The Kier molecular flexibility index (Phi) is 23.1. The Balaban J connectivity index is 2.21. The fraction of sp³-hybridized carbons (Fsp3) is 0.683. The van der Waals surface area contributed by atoms with Crippen molar-refractivity contribution >= 4 is 53.2 Å². The Morgan fingerprint density at radius 2 is 1.34 bits per heavy atom. The normalized spacial score (nSPS) is 18.5. The van der Waals surface area contributed by atoms with E-state index >= 15 is 0 Å². The zero-order valence-electron chi connectivity index (χ0n) is 36.1. The average molecular weight is 881 g/mol. The van der Waals surface area contributed by atoms with Gasteiger partial charge in [0.25, 0.3) is 0 Å². The number of carbonyl (C=O) groups is 7. The van der Waals surface area contributed by atoms with Crippen molar-refractivity contribution in [2.24, 2.45) is 23.3 Å². The van der Waals surface area contributed by atoms with Gasteiger partial charge in [0.15, 0.2) is 0 Å². The van der Waals surface area contributed by atoms with Gasteiger partial charge in [-0.1, -0.05) is 39.8 Å². The van der Waals surface area contributed by atoms with Gasteiger partial charge in [0, 0.05) is 6.42 Å². The fourth-order valence-electron chi connectivity index (χ4n) is 6.58. The van der Waals surface area contributed by atoms with E-state index in [9.17, 15) is 48.9 Å². The van der Waals surface area contributed by atoms with Crippen LogP contribution in [0.1, 0.15) is 91.5 Å². The summed E-state index contributed by atoms with van der Waals surface area (Å²) in [4.78, 5) is 92.6. The smallest absolute Gasteiger partial charge is 0.326 e. The molecule has 2 rings (SSSR count). The van der Waals surface area contributed by atoms with Gasteiger partial charge in [-0.15, -0.1) is 0 Å². The first-order valence-corrected chi connectivity index (χ1v) is 22.3. The molecule has 0 spiro atoms. The first kappa shape index (κ1) is 52.6. The highest BCUT2D eigenvalue weighted by molar-refractivity contribution is 7.98. The fourth-order valence-corrected chi connectivity index (χ4v) is 7.05. The van der Waals surface area contributed by atoms with E-state index in [1.54, 1.807) is 0 Å². The highest BCUT2D eigenvalue weighted by Gasteiger charge is 2.38. The van der Waals surface area contributed by atoms with E-state index in [4.69, 9.17) is 16.2 Å². The minimum atomic E-state index is -1.58. The number of hydrogen-bond acceptors (Lipinski definition) is 13. The number of nitrogens with two attached hydrogens (primary N) is 2. The Morgan fingerprint density at radius 3 is 1.92 bits per heavy atom. The Bertz CT molecular complexity index is 1600. The highest BCUT2D eigenvalue weighted by atomic mass is 32.2. The summed E-state index contributed by atoms with van der Waals surface area (Å²) in [5, 5.41) is 45.9. The van der Waals surface area contributed by atoms with Crippen LogP contribution in [0.2, 0.25) is 0 Å². The molecule has 20 heteroatoms. The van der Waals surface area contributed by atoms with E-state index in [0.29, 0.717) is 43.5 Å². The lowest BCUT2D eigenvalue weighted by molar-refractivity contribution is -0.142. The quantitative estimate of drug-likeness (QED) is 0.0508. The number of thioether (sulfide) groups is 1. The molecule has 0 unspecified atom stereocenters. The lowest BCUT2D eigenvalue weighted by atomic mass is 10.00. The number of unbranched alkanes of at least 4 members (excludes halogenated alkanes) is 1. The Morgan fingerprint density at radius 1 is 0.754 bits per heavy atom. The number of aliphatic carboxylic acids is 1. The van der Waals surface area contributed by atoms with Gasteiger partial charge in [0.1, 0.15) is 48.3 Å². The van der Waals surface area contributed by atoms with Crippen molar-refractivity contribution in [3.05, 3.63) is 29.8 Å². The van der Waals surface area contributed by atoms with E-state index in [2.05, 4.69) is 31.9 Å². The molecule has 13 N–H and O–H groups in total. The summed E-state index contributed by atoms with van der Waals surface area (Å²) in [5.41, 5.74) is 12.1. The lowest BCUT2D eigenvalue weighted by Crippen LogP contribution is -2.60. The number of nitrogens with one attached hydrogen (secondary N) is 6. The van der Waals surface area contributed by atoms with Crippen LogP contribution in [0.5, 0.6) is 5.75 Å². The molecule has 1 aromatic carbocycles. The molecular formula is C41H68N8O11S. The van der Waals surface area contributed by atoms with Crippen LogP contribution in [-0.4, -0.2) is 130 Å². The number of aromatic hydroxyl groups is 1. The van der Waals surface area contributed by atoms with Gasteiger partial charge in [-0.05, 0) is 106 Å². The first-order chi connectivity index (χ1) is 28.7. The first-order valence-electron chi connectivity index (χ1n) is 20.9. The topological polar surface area (TPSA) is 314 Å². The minimum absolute atomic E-state index is 0.0428. The summed E-state index contributed by atoms with van der Waals surface area (Å²) in [7, 11) is 0. The molecule has 6 amide bonds. The number of benzene rings is 1. The van der Waals surface area contributed by atoms with Gasteiger partial charge in [-0.2, -0.15) is 11.8 Å². The molecule has 1 aromatic rings. The molecule has 19 nitrogen and oxygen atoms in total. The minimum Gasteiger partial charge on any atom is -0.508 e. The summed E-state index contributed by atoms with van der Waals surface area (Å²) >= 11 is 1.50. The molecule has 0 aliphatic carbocycles. The second-order valence-electron chi connectivity index (χ2n) is 16.3. The zero-order valence-corrected chi connectivity index (χ0v) is 36.9. The average Bonchev–Trinajstić information content (AvgIpc) is 3.65. The lowest BCUT2D eigenvalue weighted by Gasteiger charge is -2.28. The molecule has 9 atom stereocenters. The van der Waals surface area contributed by atoms with Crippen molar-refractivity contribution in [1.82, 2.24) is 31.9 Å². The van der Waals surface area contributed by atoms with E-state index in [1.165, 1.54) is 43.0 Å². The monoisotopic (exact) mass is 880 g/mol. The predicted octanol–water partition coefficient (Wildman–Crippen LogP) is -0.253. The van der Waals surface area contributed by atoms with Crippen LogP contribution >= 0.6 is 11.8 Å². The number of hydrogen-bond donors (Lipinski definition) is 11. The zero-order chi connectivity index (χ0) is 45.8. The van der Waals surface area contributed by atoms with E-state index in [-0.39, 0.29) is 49.7 Å². The van der Waals surface area contributed by atoms with Crippen LogP contribution in [0.3, 0.4) is 0 Å². The number of aliphatic hydroxyl groups is 1. The number of phenolic OH excluding ortho intramolecular Hbond substituents is 1. The third-order valence-corrected chi connectivity index (χ3v) is 10.5. The van der Waals surface area contributed by atoms with Crippen molar-refractivity contribution in [2.45, 2.75) is 147 Å². The molecule has 1 aliphatic heterocycles. The molecule has 1 saturated heterocycles. The number of amides is 6. The van der Waals surface area contributed by atoms with Gasteiger partial charge < -0.3 is 63.4 Å². The second kappa shape index (κ2) is 26.8. The van der Waals surface area contributed by atoms with Crippen LogP contribution in [0.4, 0.5) is 0 Å². The number of ether oxygens (including phenoxy) is 1. The van der Waals surface area contributed by atoms with E-state index in [0.717, 1.165) is 0 Å². The summed E-state index contributed by atoms with van der Waals surface area (Å²) in [6, 6.07) is -1.23. The van der Waals surface area contributed by atoms with Crippen LogP contribution in [-0.2, 0) is 44.7 Å². The van der Waals surface area contributed by atoms with E-state index in [1.807, 2.05) is 34.0 Å². The van der Waals surface area contributed by atoms with Crippen molar-refractivity contribution in [1.29, 1.82) is 0 Å². The standard InChI is InChI=1S/C41H68N8O11S/c1-22(2)19-27(43)35(52)44-28(16-18-61-6)36(53)48-33-15-14-32(60-33)39(56)49-34(24(5)50)40(57)47-31(21-25-10-12-26(51)13-11-25)38(55)46-30(20-23(3)4)37(54)45-29(41(58)59)9-7-8-17-42/h10-13,22-24,27-34,50-51H,7-9,14-21,42-43H2,1-6H3,(H,44,52)(H,45,54)(H,46,55)(H,47,57)(H,48,53)(H,49,56)(H,58,59)/t24-,27+,28+,29+,30+,31+,32+,33-,34+/m1/s1. The second-order valence-corrected chi connectivity index (χ2v) is 17.3. The van der Waals surface area contributed by atoms with Gasteiger partial charge in [-0.25, -0.2) is 4.79 Å². The summed E-state index contributed by atoms with van der Waals surface area (Å²) in [6.07, 6.45) is 0.639. The van der Waals surface area contributed by atoms with Crippen molar-refractivity contribution in [2.75, 3.05) is 18.6 Å². The number of carbonyl (C=O) groups excluding carboxylic acids is 6. The van der Waals surface area contributed by atoms with Crippen molar-refractivity contribution < 1.29 is 53.6 Å². The SMILES string of the molecule is CSCC[C@H](NC(=O)[C@@H](N)CC(C)C)C(=O)N[C@H]1CC[C@@H](C(=O)N[C@H](C(=O)N[C@@H](Cc2ccc(O)cc2)C(=O)N[C@@H](CC(C)C)C(=O)N[C@@H](CCCCN)C(=O)O)[C@@H](C)O)O1. The molecule has 344 valence electrons. The van der Waals surface area contributed by atoms with E-state index < -0.39 is 96.1 Å². The van der Waals surface area contributed by atoms with Gasteiger partial charge in [0.05, 0.1) is 12.1 Å². The molecule has 1 aliphatic rings. The van der Waals surface area contributed by atoms with Gasteiger partial charge in [-0.3, -0.25) is 28.8 Å². The maximum Gasteiger partial charge on any atom is 0.326 e. The molecule has 0 bridgehead atoms. The number of carboxylic acids is 1. The predicted molar refractivity (Wildman–Crippen MR) is 230 cm³/mol. The summed E-state index contributed by atoms with van der Waals surface area (Å²) in [5.74, 6) is -4.88. The van der Waals surface area contributed by atoms with Crippen molar-refractivity contribution in [3.8, 4) is 5.75 Å². The van der Waals surface area contributed by atoms with Gasteiger partial charge in [0.2, 0.25) is 35.4 Å². The number of aliphatic hydroxyl groups excluding tert-OH is 1. The molecule has 0 aromatic heterocycles. The molecule has 1 fully saturated rings. The highest BCUT2D eigenvalue weighted by Crippen LogP contribution is 2.20. The maximum absolute atomic E-state index is 13.9. The van der Waals surface area contributed by atoms with Crippen LogP contribution in [0.25, 0.3) is 0 Å². The van der Waals surface area contributed by atoms with Gasteiger partial charge >= 0.3 is 5.97 Å².